The summed E-state index contributed by atoms with van der Waals surface area (Å²) in [7, 11) is 2.20. The number of H-pyrrole nitrogens is 1. The Kier molecular flexibility index (Phi) is 6.42. The fourth-order valence-corrected chi connectivity index (χ4v) is 4.49. The first-order valence-electron chi connectivity index (χ1n) is 11.8. The zero-order chi connectivity index (χ0) is 22.6. The predicted molar refractivity (Wildman–Crippen MR) is 134 cm³/mol. The number of aromatic nitrogens is 2. The van der Waals surface area contributed by atoms with E-state index in [1.54, 1.807) is 0 Å². The number of hydrogen-bond donors (Lipinski definition) is 2. The second-order valence-corrected chi connectivity index (χ2v) is 9.16. The molecule has 3 aromatic carbocycles. The molecule has 0 radical (unpaired) electrons. The van der Waals surface area contributed by atoms with Gasteiger partial charge in [-0.05, 0) is 75.3 Å². The lowest BCUT2D eigenvalue weighted by atomic mass is 10.0. The summed E-state index contributed by atoms with van der Waals surface area (Å²) in [4.78, 5) is 10.9. The van der Waals surface area contributed by atoms with Gasteiger partial charge >= 0.3 is 0 Å². The van der Waals surface area contributed by atoms with Crippen LogP contribution in [0.1, 0.15) is 41.4 Å². The van der Waals surface area contributed by atoms with Gasteiger partial charge in [-0.1, -0.05) is 54.1 Å². The molecular formula is C28H32N4O. The Hall–Kier alpha value is -3.15. The maximum Gasteiger partial charge on any atom is 0.129 e. The number of nitrogens with one attached hydrogen (secondary N) is 2. The van der Waals surface area contributed by atoms with Crippen molar-refractivity contribution in [3.05, 3.63) is 95.3 Å². The van der Waals surface area contributed by atoms with E-state index in [-0.39, 0.29) is 6.04 Å². The van der Waals surface area contributed by atoms with E-state index in [1.165, 1.54) is 11.1 Å². The quantitative estimate of drug-likeness (QED) is 0.414. The summed E-state index contributed by atoms with van der Waals surface area (Å²) in [6.07, 6.45) is 2.27. The third kappa shape index (κ3) is 5.27. The molecule has 0 amide bonds. The van der Waals surface area contributed by atoms with Gasteiger partial charge in [-0.15, -0.1) is 0 Å². The zero-order valence-electron chi connectivity index (χ0n) is 19.4. The van der Waals surface area contributed by atoms with Crippen molar-refractivity contribution in [2.45, 2.75) is 38.5 Å². The number of piperidine rings is 1. The summed E-state index contributed by atoms with van der Waals surface area (Å²) in [5.41, 5.74) is 5.65. The third-order valence-corrected chi connectivity index (χ3v) is 6.52. The molecule has 5 heteroatoms. The number of likely N-dealkylation sites (tertiary alicyclic amines) is 1. The molecule has 0 spiro atoms. The van der Waals surface area contributed by atoms with Crippen LogP contribution in [-0.2, 0) is 6.61 Å². The van der Waals surface area contributed by atoms with Crippen LogP contribution in [0.2, 0.25) is 0 Å². The van der Waals surface area contributed by atoms with Crippen LogP contribution < -0.4 is 10.1 Å². The van der Waals surface area contributed by atoms with Gasteiger partial charge in [0.15, 0.2) is 0 Å². The van der Waals surface area contributed by atoms with E-state index in [1.807, 2.05) is 18.2 Å². The summed E-state index contributed by atoms with van der Waals surface area (Å²) >= 11 is 0. The molecule has 0 saturated carbocycles. The number of aryl methyl sites for hydroxylation is 1. The van der Waals surface area contributed by atoms with Crippen LogP contribution in [-0.4, -0.2) is 41.0 Å². The van der Waals surface area contributed by atoms with Crippen molar-refractivity contribution in [3.8, 4) is 5.75 Å². The van der Waals surface area contributed by atoms with E-state index in [0.29, 0.717) is 12.6 Å². The molecule has 0 aliphatic carbocycles. The molecule has 1 aliphatic heterocycles. The number of imidazole rings is 1. The zero-order valence-corrected chi connectivity index (χ0v) is 19.4. The van der Waals surface area contributed by atoms with Crippen LogP contribution in [0, 0.1) is 6.92 Å². The lowest BCUT2D eigenvalue weighted by Gasteiger charge is -2.32. The highest BCUT2D eigenvalue weighted by Gasteiger charge is 2.24. The molecular weight excluding hydrogens is 408 g/mol. The molecule has 1 fully saturated rings. The van der Waals surface area contributed by atoms with Crippen molar-refractivity contribution in [1.82, 2.24) is 20.2 Å². The Bertz CT molecular complexity index is 1160. The predicted octanol–water partition coefficient (Wildman–Crippen LogP) is 5.22. The molecule has 1 aromatic heterocycles. The maximum absolute atomic E-state index is 6.16. The van der Waals surface area contributed by atoms with Gasteiger partial charge in [0.25, 0.3) is 0 Å². The Morgan fingerprint density at radius 2 is 1.82 bits per heavy atom. The van der Waals surface area contributed by atoms with Gasteiger partial charge < -0.3 is 19.9 Å². The van der Waals surface area contributed by atoms with Crippen LogP contribution in [0.25, 0.3) is 11.0 Å². The van der Waals surface area contributed by atoms with E-state index in [2.05, 4.69) is 83.8 Å². The molecule has 4 aromatic rings. The SMILES string of the molecule is Cc1ccc(COc2cccc(C(NC3CCN(C)CC3)c3nc4ccccc4[nH]3)c2)cc1. The average Bonchev–Trinajstić information content (AvgIpc) is 3.27. The van der Waals surface area contributed by atoms with Crippen LogP contribution in [0.15, 0.2) is 72.8 Å². The van der Waals surface area contributed by atoms with Gasteiger partial charge in [0, 0.05) is 6.04 Å². The van der Waals surface area contributed by atoms with Gasteiger partial charge in [0.1, 0.15) is 18.2 Å². The normalized spacial score (nSPS) is 16.2. The highest BCUT2D eigenvalue weighted by atomic mass is 16.5. The number of para-hydroxylation sites is 2. The molecule has 1 saturated heterocycles. The number of fused-ring (bicyclic) bond motifs is 1. The maximum atomic E-state index is 6.16. The molecule has 2 heterocycles. The largest absolute Gasteiger partial charge is 0.489 e. The second-order valence-electron chi connectivity index (χ2n) is 9.16. The lowest BCUT2D eigenvalue weighted by Crippen LogP contribution is -2.42. The Balaban J connectivity index is 1.40. The first-order valence-corrected chi connectivity index (χ1v) is 11.8. The van der Waals surface area contributed by atoms with Crippen LogP contribution in [0.5, 0.6) is 5.75 Å². The highest BCUT2D eigenvalue weighted by Crippen LogP contribution is 2.27. The Morgan fingerprint density at radius 1 is 1.03 bits per heavy atom. The number of benzene rings is 3. The van der Waals surface area contributed by atoms with Crippen molar-refractivity contribution < 1.29 is 4.74 Å². The minimum atomic E-state index is -0.0197. The molecule has 1 aliphatic rings. The van der Waals surface area contributed by atoms with Gasteiger partial charge in [-0.2, -0.15) is 0 Å². The number of ether oxygens (including phenoxy) is 1. The topological polar surface area (TPSA) is 53.2 Å². The first-order chi connectivity index (χ1) is 16.1. The number of hydrogen-bond acceptors (Lipinski definition) is 4. The van der Waals surface area contributed by atoms with E-state index < -0.39 is 0 Å². The molecule has 5 nitrogen and oxygen atoms in total. The molecule has 5 rings (SSSR count). The molecule has 0 bridgehead atoms. The Morgan fingerprint density at radius 3 is 2.61 bits per heavy atom. The second kappa shape index (κ2) is 9.77. The molecule has 1 unspecified atom stereocenters. The van der Waals surface area contributed by atoms with E-state index in [9.17, 15) is 0 Å². The van der Waals surface area contributed by atoms with Gasteiger partial charge in [-0.3, -0.25) is 0 Å². The molecule has 1 atom stereocenters. The van der Waals surface area contributed by atoms with Crippen LogP contribution in [0.4, 0.5) is 0 Å². The summed E-state index contributed by atoms with van der Waals surface area (Å²) in [6.45, 7) is 4.89. The molecule has 2 N–H and O–H groups in total. The van der Waals surface area contributed by atoms with Gasteiger partial charge in [0.2, 0.25) is 0 Å². The van der Waals surface area contributed by atoms with Gasteiger partial charge in [0.05, 0.1) is 17.1 Å². The van der Waals surface area contributed by atoms with Crippen LogP contribution >= 0.6 is 0 Å². The summed E-state index contributed by atoms with van der Waals surface area (Å²) in [6, 6.07) is 25.6. The first kappa shape index (κ1) is 21.7. The van der Waals surface area contributed by atoms with Crippen molar-refractivity contribution >= 4 is 11.0 Å². The minimum Gasteiger partial charge on any atom is -0.489 e. The minimum absolute atomic E-state index is 0.0197. The monoisotopic (exact) mass is 440 g/mol. The fourth-order valence-electron chi connectivity index (χ4n) is 4.49. The Labute approximate surface area is 195 Å². The van der Waals surface area contributed by atoms with Crippen molar-refractivity contribution in [3.63, 3.8) is 0 Å². The van der Waals surface area contributed by atoms with E-state index in [0.717, 1.165) is 54.1 Å². The van der Waals surface area contributed by atoms with Crippen molar-refractivity contribution in [2.24, 2.45) is 0 Å². The lowest BCUT2D eigenvalue weighted by molar-refractivity contribution is 0.228. The summed E-state index contributed by atoms with van der Waals surface area (Å²) in [5, 5.41) is 3.90. The smallest absolute Gasteiger partial charge is 0.129 e. The van der Waals surface area contributed by atoms with Crippen molar-refractivity contribution in [1.29, 1.82) is 0 Å². The average molecular weight is 441 g/mol. The fraction of sp³-hybridized carbons (Fsp3) is 0.321. The number of nitrogens with zero attached hydrogens (tertiary/aromatic N) is 2. The standard InChI is InChI=1S/C28H32N4O/c1-20-10-12-21(13-11-20)19-33-24-7-5-6-22(18-24)27(29-23-14-16-32(2)17-15-23)28-30-25-8-3-4-9-26(25)31-28/h3-13,18,23,27,29H,14-17,19H2,1-2H3,(H,30,31). The van der Waals surface area contributed by atoms with E-state index in [4.69, 9.17) is 9.72 Å². The summed E-state index contributed by atoms with van der Waals surface area (Å²) < 4.78 is 6.16. The summed E-state index contributed by atoms with van der Waals surface area (Å²) in [5.74, 6) is 1.82. The molecule has 170 valence electrons. The number of rotatable bonds is 7. The van der Waals surface area contributed by atoms with Crippen LogP contribution in [0.3, 0.4) is 0 Å². The highest BCUT2D eigenvalue weighted by molar-refractivity contribution is 5.75. The van der Waals surface area contributed by atoms with E-state index >= 15 is 0 Å². The van der Waals surface area contributed by atoms with Gasteiger partial charge in [-0.25, -0.2) is 4.98 Å². The number of aromatic amines is 1. The third-order valence-electron chi connectivity index (χ3n) is 6.52. The van der Waals surface area contributed by atoms with Crippen molar-refractivity contribution in [2.75, 3.05) is 20.1 Å². The molecule has 33 heavy (non-hydrogen) atoms.